The second kappa shape index (κ2) is 11.7. The maximum absolute atomic E-state index is 2.28. The number of allylic oxidation sites excluding steroid dienone is 4. The van der Waals surface area contributed by atoms with Gasteiger partial charge in [-0.05, 0) is 0 Å². The largest absolute Gasteiger partial charge is 1.00 e. The Kier molecular flexibility index (Phi) is 18.1. The standard InChI is InChI=1S/C9H13.3BrH.Ti/c1-2-3-6-9-7-4-5-8-9;;;;/h4,7H,2-3,5-6H2,1H3;3*1H;/q;;;;+3/p-3. The minimum absolute atomic E-state index is 0. The fraction of sp³-hybridized carbons (Fsp3) is 0.556. The van der Waals surface area contributed by atoms with Gasteiger partial charge in [0.25, 0.3) is 0 Å². The fourth-order valence-electron chi connectivity index (χ4n) is 1.15. The molecule has 0 radical (unpaired) electrons. The number of hydrogen-bond donors (Lipinski definition) is 0. The third-order valence-corrected chi connectivity index (χ3v) is 2.65. The Morgan fingerprint density at radius 3 is 2.31 bits per heavy atom. The normalized spacial score (nSPS) is 13.2. The van der Waals surface area contributed by atoms with Gasteiger partial charge >= 0.3 is 74.6 Å². The van der Waals surface area contributed by atoms with Crippen molar-refractivity contribution in [3.05, 3.63) is 21.6 Å². The molecule has 0 spiro atoms. The first-order valence-electron chi connectivity index (χ1n) is 3.94. The van der Waals surface area contributed by atoms with Crippen LogP contribution in [-0.2, 0) is 20.4 Å². The van der Waals surface area contributed by atoms with Crippen LogP contribution in [0.4, 0.5) is 0 Å². The van der Waals surface area contributed by atoms with E-state index in [-0.39, 0.29) is 50.9 Å². The quantitative estimate of drug-likeness (QED) is 0.408. The molecule has 0 fully saturated rings. The predicted molar refractivity (Wildman–Crippen MR) is 40.3 cm³/mol. The summed E-state index contributed by atoms with van der Waals surface area (Å²) >= 11 is 2.24. The average molecular weight is 409 g/mol. The Labute approximate surface area is 124 Å². The van der Waals surface area contributed by atoms with Crippen LogP contribution >= 0.6 is 0 Å². The van der Waals surface area contributed by atoms with E-state index in [4.69, 9.17) is 0 Å². The van der Waals surface area contributed by atoms with E-state index in [1.54, 1.807) is 9.45 Å². The summed E-state index contributed by atoms with van der Waals surface area (Å²) in [5, 5.41) is 0. The molecule has 0 aromatic carbocycles. The molecule has 4 heteroatoms. The van der Waals surface area contributed by atoms with E-state index in [0.29, 0.717) is 0 Å². The van der Waals surface area contributed by atoms with Gasteiger partial charge in [0, 0.05) is 0 Å². The van der Waals surface area contributed by atoms with Crippen LogP contribution in [0.1, 0.15) is 32.6 Å². The topological polar surface area (TPSA) is 0 Å². The van der Waals surface area contributed by atoms with Crippen LogP contribution in [0.15, 0.2) is 21.6 Å². The SMILES string of the molecule is CCCCC1=[C]([Ti+3])CC=C1.[Br-].[Br-].[Br-]. The molecule has 0 aliphatic heterocycles. The van der Waals surface area contributed by atoms with Gasteiger partial charge in [-0.25, -0.2) is 0 Å². The Balaban J connectivity index is -0.000000333. The molecule has 0 nitrogen and oxygen atoms in total. The first-order valence-corrected chi connectivity index (χ1v) is 4.73. The maximum atomic E-state index is 2.28. The van der Waals surface area contributed by atoms with Gasteiger partial charge in [-0.1, -0.05) is 0 Å². The van der Waals surface area contributed by atoms with Crippen molar-refractivity contribution in [3.63, 3.8) is 0 Å². The van der Waals surface area contributed by atoms with Crippen molar-refractivity contribution < 1.29 is 71.4 Å². The molecule has 1 aliphatic carbocycles. The van der Waals surface area contributed by atoms with E-state index in [9.17, 15) is 0 Å². The Morgan fingerprint density at radius 1 is 1.31 bits per heavy atom. The van der Waals surface area contributed by atoms with Crippen LogP contribution in [0.2, 0.25) is 0 Å². The third kappa shape index (κ3) is 7.55. The number of hydrogen-bond acceptors (Lipinski definition) is 0. The Bertz CT molecular complexity index is 176. The molecule has 0 saturated carbocycles. The minimum Gasteiger partial charge on any atom is -1.00 e. The van der Waals surface area contributed by atoms with E-state index in [0.717, 1.165) is 0 Å². The van der Waals surface area contributed by atoms with Gasteiger partial charge in [0.15, 0.2) is 0 Å². The van der Waals surface area contributed by atoms with Crippen LogP contribution in [0.5, 0.6) is 0 Å². The first-order chi connectivity index (χ1) is 4.84. The van der Waals surface area contributed by atoms with Crippen molar-refractivity contribution in [3.8, 4) is 0 Å². The summed E-state index contributed by atoms with van der Waals surface area (Å²) in [6.45, 7) is 2.24. The van der Waals surface area contributed by atoms with Gasteiger partial charge in [0.2, 0.25) is 0 Å². The van der Waals surface area contributed by atoms with E-state index in [1.807, 2.05) is 0 Å². The molecular weight excluding hydrogens is 396 g/mol. The molecule has 0 bridgehead atoms. The molecule has 0 unspecified atom stereocenters. The maximum Gasteiger partial charge on any atom is -1.00 e. The molecule has 1 rings (SSSR count). The molecule has 0 amide bonds. The van der Waals surface area contributed by atoms with Crippen molar-refractivity contribution in [2.24, 2.45) is 0 Å². The third-order valence-electron chi connectivity index (χ3n) is 1.83. The van der Waals surface area contributed by atoms with Gasteiger partial charge in [0.05, 0.1) is 0 Å². The Morgan fingerprint density at radius 2 is 1.92 bits per heavy atom. The van der Waals surface area contributed by atoms with Crippen LogP contribution in [0, 0.1) is 0 Å². The van der Waals surface area contributed by atoms with Crippen molar-refractivity contribution in [1.29, 1.82) is 0 Å². The molecule has 0 aromatic heterocycles. The summed E-state index contributed by atoms with van der Waals surface area (Å²) < 4.78 is 1.58. The van der Waals surface area contributed by atoms with Gasteiger partial charge in [-0.3, -0.25) is 0 Å². The van der Waals surface area contributed by atoms with Crippen molar-refractivity contribution in [2.75, 3.05) is 0 Å². The van der Waals surface area contributed by atoms with E-state index >= 15 is 0 Å². The molecule has 0 atom stereocenters. The van der Waals surface area contributed by atoms with Crippen molar-refractivity contribution in [2.45, 2.75) is 32.6 Å². The van der Waals surface area contributed by atoms with Crippen LogP contribution < -0.4 is 50.9 Å². The van der Waals surface area contributed by atoms with Gasteiger partial charge < -0.3 is 50.9 Å². The monoisotopic (exact) mass is 406 g/mol. The fourth-order valence-corrected chi connectivity index (χ4v) is 1.66. The molecule has 0 N–H and O–H groups in total. The summed E-state index contributed by atoms with van der Waals surface area (Å²) in [7, 11) is 0. The second-order valence-electron chi connectivity index (χ2n) is 2.71. The zero-order chi connectivity index (χ0) is 7.40. The van der Waals surface area contributed by atoms with E-state index in [1.165, 1.54) is 25.7 Å². The van der Waals surface area contributed by atoms with Crippen molar-refractivity contribution in [1.82, 2.24) is 0 Å². The summed E-state index contributed by atoms with van der Waals surface area (Å²) in [6, 6.07) is 0. The van der Waals surface area contributed by atoms with E-state index in [2.05, 4.69) is 39.5 Å². The molecule has 0 heterocycles. The zero-order valence-corrected chi connectivity index (χ0v) is 13.9. The summed E-state index contributed by atoms with van der Waals surface area (Å²) in [5.41, 5.74) is 1.59. The van der Waals surface area contributed by atoms with Gasteiger partial charge in [-0.2, -0.15) is 0 Å². The average Bonchev–Trinajstić information content (AvgIpc) is 2.31. The molecule has 74 valence electrons. The summed E-state index contributed by atoms with van der Waals surface area (Å²) in [5.74, 6) is 0. The summed E-state index contributed by atoms with van der Waals surface area (Å²) in [4.78, 5) is 0. The summed E-state index contributed by atoms with van der Waals surface area (Å²) in [6.07, 6.45) is 9.69. The molecular formula is C9H13Br3Ti. The number of halogens is 3. The minimum atomic E-state index is 0. The van der Waals surface area contributed by atoms with E-state index < -0.39 is 0 Å². The van der Waals surface area contributed by atoms with Crippen molar-refractivity contribution >= 4 is 0 Å². The Hall–Kier alpha value is 1.63. The van der Waals surface area contributed by atoms with Crippen LogP contribution in [0.25, 0.3) is 0 Å². The molecule has 0 aromatic rings. The first kappa shape index (κ1) is 20.1. The molecule has 1 aliphatic rings. The van der Waals surface area contributed by atoms with Crippen LogP contribution in [0.3, 0.4) is 0 Å². The number of unbranched alkanes of at least 4 members (excludes halogenated alkanes) is 1. The van der Waals surface area contributed by atoms with Gasteiger partial charge in [0.1, 0.15) is 0 Å². The molecule has 0 saturated heterocycles. The van der Waals surface area contributed by atoms with Gasteiger partial charge in [-0.15, -0.1) is 0 Å². The number of rotatable bonds is 3. The molecule has 13 heavy (non-hydrogen) atoms. The van der Waals surface area contributed by atoms with Crippen LogP contribution in [-0.4, -0.2) is 0 Å². The zero-order valence-electron chi connectivity index (χ0n) is 7.62. The predicted octanol–water partition coefficient (Wildman–Crippen LogP) is -6.05. The second-order valence-corrected chi connectivity index (χ2v) is 3.66. The smallest absolute Gasteiger partial charge is 1.00 e.